The average molecular weight is 577 g/mol. The quantitative estimate of drug-likeness (QED) is 0.214. The van der Waals surface area contributed by atoms with Crippen LogP contribution in [0.15, 0.2) is 51.2 Å². The second-order valence-electron chi connectivity index (χ2n) is 10.3. The van der Waals surface area contributed by atoms with Gasteiger partial charge in [-0.2, -0.15) is 5.26 Å². The van der Waals surface area contributed by atoms with E-state index in [4.69, 9.17) is 10.5 Å². The van der Waals surface area contributed by atoms with Crippen LogP contribution in [0.25, 0.3) is 0 Å². The maximum atomic E-state index is 13.0. The van der Waals surface area contributed by atoms with Gasteiger partial charge in [0, 0.05) is 19.3 Å². The Morgan fingerprint density at radius 2 is 1.77 bits per heavy atom. The Kier molecular flexibility index (Phi) is 7.20. The van der Waals surface area contributed by atoms with Gasteiger partial charge in [0.15, 0.2) is 0 Å². The van der Waals surface area contributed by atoms with E-state index < -0.39 is 43.7 Å². The van der Waals surface area contributed by atoms with E-state index >= 15 is 0 Å². The summed E-state index contributed by atoms with van der Waals surface area (Å²) in [6.45, 7) is 5.78. The number of rotatable bonds is 6. The Morgan fingerprint density at radius 3 is 2.28 bits per heavy atom. The number of aromatic nitrogens is 1. The van der Waals surface area contributed by atoms with Gasteiger partial charge in [-0.1, -0.05) is 19.4 Å². The number of ether oxygens (including phenoxy) is 1. The predicted octanol–water partition coefficient (Wildman–Crippen LogP) is 6.16. The third-order valence-electron chi connectivity index (χ3n) is 5.94. The normalized spacial score (nSPS) is 17.9. The number of anilines is 1. The number of likely N-dealkylation sites (tertiary alicyclic amines) is 1. The highest BCUT2D eigenvalue weighted by Crippen LogP contribution is 3.02. The number of carbonyl (C=O) groups excluding carboxylic acids is 1. The van der Waals surface area contributed by atoms with Crippen LogP contribution in [0.5, 0.6) is 0 Å². The summed E-state index contributed by atoms with van der Waals surface area (Å²) in [6, 6.07) is 5.42. The smallest absolute Gasteiger partial charge is 0.410 e. The van der Waals surface area contributed by atoms with Gasteiger partial charge in [-0.3, -0.25) is 4.79 Å². The number of pyridine rings is 1. The van der Waals surface area contributed by atoms with Crippen LogP contribution in [-0.4, -0.2) is 46.0 Å². The molecule has 39 heavy (non-hydrogen) atoms. The van der Waals surface area contributed by atoms with E-state index in [9.17, 15) is 34.3 Å². The maximum absolute atomic E-state index is 13.0. The van der Waals surface area contributed by atoms with Crippen LogP contribution in [0, 0.1) is 11.3 Å². The fourth-order valence-electron chi connectivity index (χ4n) is 4.04. The summed E-state index contributed by atoms with van der Waals surface area (Å²) in [7, 11) is -9.86. The van der Waals surface area contributed by atoms with Gasteiger partial charge in [0.25, 0.3) is 5.56 Å². The van der Waals surface area contributed by atoms with Crippen molar-refractivity contribution in [1.82, 2.24) is 9.88 Å². The molecule has 0 atom stereocenters. The van der Waals surface area contributed by atoms with Crippen molar-refractivity contribution in [2.75, 3.05) is 18.4 Å². The van der Waals surface area contributed by atoms with E-state index in [0.717, 1.165) is 0 Å². The number of benzene rings is 1. The molecule has 4 N–H and O–H groups in total. The molecule has 0 spiro atoms. The van der Waals surface area contributed by atoms with Crippen molar-refractivity contribution in [3.05, 3.63) is 52.4 Å². The second kappa shape index (κ2) is 9.44. The second-order valence-corrected chi connectivity index (χ2v) is 12.7. The lowest BCUT2D eigenvalue weighted by molar-refractivity contribution is 0.0179. The number of amides is 1. The first-order chi connectivity index (χ1) is 17.7. The standard InChI is InChI=1S/C24H29F5N6O3S/c1-23(2,3)38-22(37)35-14-10-24(9-12-30,11-15-35)34-18-8-13-32-21(36)19(18)20(31)33-16-4-6-17(7-5-16)39(25,26,27,28)29/h4-8,13H,9-11,14-15H2,1-3H3,(H2,31,33)(H2,32,34,36). The molecule has 1 saturated heterocycles. The van der Waals surface area contributed by atoms with Crippen LogP contribution in [0.2, 0.25) is 0 Å². The molecule has 9 nitrogen and oxygen atoms in total. The van der Waals surface area contributed by atoms with Crippen molar-refractivity contribution in [3.63, 3.8) is 0 Å². The van der Waals surface area contributed by atoms with Crippen molar-refractivity contribution in [1.29, 1.82) is 5.26 Å². The molecule has 0 aliphatic carbocycles. The Morgan fingerprint density at radius 1 is 1.18 bits per heavy atom. The monoisotopic (exact) mass is 576 g/mol. The highest BCUT2D eigenvalue weighted by atomic mass is 32.5. The van der Waals surface area contributed by atoms with E-state index in [1.807, 2.05) is 0 Å². The van der Waals surface area contributed by atoms with Gasteiger partial charge >= 0.3 is 16.3 Å². The van der Waals surface area contributed by atoms with Gasteiger partial charge in [0.1, 0.15) is 21.9 Å². The van der Waals surface area contributed by atoms with E-state index in [-0.39, 0.29) is 48.6 Å². The zero-order valence-electron chi connectivity index (χ0n) is 21.4. The van der Waals surface area contributed by atoms with Crippen molar-refractivity contribution < 1.29 is 29.0 Å². The third-order valence-corrected chi connectivity index (χ3v) is 7.10. The number of nitrogens with zero attached hydrogens (tertiary/aromatic N) is 3. The van der Waals surface area contributed by atoms with Crippen molar-refractivity contribution in [3.8, 4) is 6.07 Å². The minimum absolute atomic E-state index is 0.0221. The SMILES string of the molecule is CC(C)(C)OC(=O)N1CCC(CC#N)(Nc2cc[nH]c(=O)c2C(N)=Nc2ccc(S(F)(F)(F)(F)F)cc2)CC1. The first-order valence-corrected chi connectivity index (χ1v) is 13.7. The number of nitrogens with one attached hydrogen (secondary N) is 2. The minimum atomic E-state index is -9.86. The highest BCUT2D eigenvalue weighted by molar-refractivity contribution is 8.45. The summed E-state index contributed by atoms with van der Waals surface area (Å²) < 4.78 is 70.5. The Bertz CT molecular complexity index is 1370. The predicted molar refractivity (Wildman–Crippen MR) is 139 cm³/mol. The lowest BCUT2D eigenvalue weighted by Crippen LogP contribution is -2.52. The largest absolute Gasteiger partial charge is 0.444 e. The zero-order valence-corrected chi connectivity index (χ0v) is 22.3. The number of nitriles is 1. The summed E-state index contributed by atoms with van der Waals surface area (Å²) in [5.74, 6) is -0.391. The van der Waals surface area contributed by atoms with Gasteiger partial charge in [-0.05, 0) is 63.9 Å². The minimum Gasteiger partial charge on any atom is -0.444 e. The fourth-order valence-corrected chi connectivity index (χ4v) is 4.69. The zero-order chi connectivity index (χ0) is 29.3. The first kappa shape index (κ1) is 29.8. The maximum Gasteiger partial charge on any atom is 0.410 e. The van der Waals surface area contributed by atoms with E-state index in [1.54, 1.807) is 20.8 Å². The summed E-state index contributed by atoms with van der Waals surface area (Å²) >= 11 is 0. The summed E-state index contributed by atoms with van der Waals surface area (Å²) in [5.41, 5.74) is 3.69. The number of carbonyl (C=O) groups is 1. The highest BCUT2D eigenvalue weighted by Gasteiger charge is 2.65. The molecule has 1 aliphatic rings. The van der Waals surface area contributed by atoms with Crippen LogP contribution in [0.4, 0.5) is 35.6 Å². The molecule has 1 aromatic carbocycles. The molecule has 0 saturated carbocycles. The summed E-state index contributed by atoms with van der Waals surface area (Å²) in [6.07, 6.45) is 1.53. The van der Waals surface area contributed by atoms with Gasteiger partial charge < -0.3 is 25.7 Å². The molecule has 0 bridgehead atoms. The number of H-pyrrole nitrogens is 1. The first-order valence-electron chi connectivity index (χ1n) is 11.8. The van der Waals surface area contributed by atoms with Crippen LogP contribution in [0.3, 0.4) is 0 Å². The Labute approximate surface area is 221 Å². The van der Waals surface area contributed by atoms with Crippen molar-refractivity contribution in [2.24, 2.45) is 10.7 Å². The molecular formula is C24H29F5N6O3S. The van der Waals surface area contributed by atoms with Gasteiger partial charge in [-0.25, -0.2) is 9.79 Å². The lowest BCUT2D eigenvalue weighted by Gasteiger charge is -2.42. The van der Waals surface area contributed by atoms with Gasteiger partial charge in [0.2, 0.25) is 0 Å². The third kappa shape index (κ3) is 7.62. The topological polar surface area (TPSA) is 137 Å². The van der Waals surface area contributed by atoms with Crippen molar-refractivity contribution >= 4 is 33.5 Å². The van der Waals surface area contributed by atoms with E-state index in [0.29, 0.717) is 25.0 Å². The van der Waals surface area contributed by atoms with Crippen LogP contribution < -0.4 is 16.6 Å². The molecule has 0 radical (unpaired) electrons. The molecule has 15 heteroatoms. The summed E-state index contributed by atoms with van der Waals surface area (Å²) in [5, 5.41) is 12.7. The molecule has 1 aliphatic heterocycles. The number of aliphatic imine (C=N–C) groups is 1. The van der Waals surface area contributed by atoms with Crippen LogP contribution in [-0.2, 0) is 4.74 Å². The number of hydrogen-bond acceptors (Lipinski definition) is 6. The molecular weight excluding hydrogens is 547 g/mol. The van der Waals surface area contributed by atoms with Gasteiger partial charge in [0.05, 0.1) is 29.4 Å². The molecule has 3 rings (SSSR count). The molecule has 1 amide bonds. The number of halogens is 5. The number of amidine groups is 1. The molecule has 1 aromatic heterocycles. The van der Waals surface area contributed by atoms with E-state index in [1.165, 1.54) is 17.2 Å². The Balaban J connectivity index is 1.88. The molecule has 2 heterocycles. The number of piperidine rings is 1. The Hall–Kier alpha value is -3.80. The molecule has 0 unspecified atom stereocenters. The van der Waals surface area contributed by atoms with Crippen LogP contribution in [0.1, 0.15) is 45.6 Å². The van der Waals surface area contributed by atoms with Crippen LogP contribution >= 0.6 is 10.2 Å². The molecule has 2 aromatic rings. The molecule has 214 valence electrons. The lowest BCUT2D eigenvalue weighted by atomic mass is 9.84. The number of nitrogens with two attached hydrogens (primary N) is 1. The fraction of sp³-hybridized carbons (Fsp3) is 0.417. The van der Waals surface area contributed by atoms with Crippen molar-refractivity contribution in [2.45, 2.75) is 56.1 Å². The van der Waals surface area contributed by atoms with E-state index in [2.05, 4.69) is 21.4 Å². The average Bonchev–Trinajstić information content (AvgIpc) is 2.77. The summed E-state index contributed by atoms with van der Waals surface area (Å²) in [4.78, 5) is 31.0. The number of aromatic amines is 1. The molecule has 1 fully saturated rings. The number of hydrogen-bond donors (Lipinski definition) is 3. The van der Waals surface area contributed by atoms with Gasteiger partial charge in [-0.15, -0.1) is 0 Å².